The molecule has 0 fully saturated rings. The van der Waals surface area contributed by atoms with E-state index in [0.717, 1.165) is 11.1 Å². The van der Waals surface area contributed by atoms with E-state index < -0.39 is 18.0 Å². The fourth-order valence-corrected chi connectivity index (χ4v) is 3.57. The Kier molecular flexibility index (Phi) is 8.86. The van der Waals surface area contributed by atoms with Crippen molar-refractivity contribution in [3.63, 3.8) is 0 Å². The van der Waals surface area contributed by atoms with Gasteiger partial charge in [-0.05, 0) is 73.0 Å². The molecule has 0 saturated heterocycles. The lowest BCUT2D eigenvalue weighted by Gasteiger charge is -2.13. The summed E-state index contributed by atoms with van der Waals surface area (Å²) in [6.45, 7) is 3.87. The van der Waals surface area contributed by atoms with E-state index in [-0.39, 0.29) is 0 Å². The Balaban J connectivity index is 1.33. The SMILES string of the molecule is CCOc1cc(/C=N\NC(=O)[C@@H](C)Oc2ccc(-c3ccccc3)cc2)ccc1OC(=O)c1ccccc1. The number of carbonyl (C=O) groups excluding carboxylic acids is 2. The first-order valence-corrected chi connectivity index (χ1v) is 12.2. The van der Waals surface area contributed by atoms with Gasteiger partial charge in [-0.15, -0.1) is 0 Å². The van der Waals surface area contributed by atoms with Crippen LogP contribution in [0, 0.1) is 0 Å². The molecule has 0 aliphatic rings. The molecule has 0 aromatic heterocycles. The second-order valence-corrected chi connectivity index (χ2v) is 8.28. The second kappa shape index (κ2) is 12.9. The zero-order valence-electron chi connectivity index (χ0n) is 21.2. The average Bonchev–Trinajstić information content (AvgIpc) is 2.95. The van der Waals surface area contributed by atoms with Crippen molar-refractivity contribution in [3.8, 4) is 28.4 Å². The largest absolute Gasteiger partial charge is 0.490 e. The van der Waals surface area contributed by atoms with Gasteiger partial charge in [0.1, 0.15) is 5.75 Å². The molecule has 0 bridgehead atoms. The summed E-state index contributed by atoms with van der Waals surface area (Å²) < 4.78 is 16.9. The predicted molar refractivity (Wildman–Crippen MR) is 147 cm³/mol. The monoisotopic (exact) mass is 508 g/mol. The zero-order chi connectivity index (χ0) is 26.7. The maximum Gasteiger partial charge on any atom is 0.343 e. The van der Waals surface area contributed by atoms with Gasteiger partial charge in [0.15, 0.2) is 17.6 Å². The van der Waals surface area contributed by atoms with E-state index in [1.54, 1.807) is 49.4 Å². The van der Waals surface area contributed by atoms with Crippen molar-refractivity contribution >= 4 is 18.1 Å². The molecule has 0 aliphatic carbocycles. The van der Waals surface area contributed by atoms with Gasteiger partial charge in [0.05, 0.1) is 18.4 Å². The molecule has 0 unspecified atom stereocenters. The topological polar surface area (TPSA) is 86.2 Å². The first kappa shape index (κ1) is 26.2. The van der Waals surface area contributed by atoms with E-state index in [1.165, 1.54) is 6.21 Å². The fourth-order valence-electron chi connectivity index (χ4n) is 3.57. The minimum atomic E-state index is -0.756. The van der Waals surface area contributed by atoms with E-state index in [9.17, 15) is 9.59 Å². The third-order valence-corrected chi connectivity index (χ3v) is 5.51. The molecule has 7 nitrogen and oxygen atoms in total. The molecule has 0 heterocycles. The number of benzene rings is 4. The highest BCUT2D eigenvalue weighted by atomic mass is 16.6. The van der Waals surface area contributed by atoms with Crippen LogP contribution >= 0.6 is 0 Å². The van der Waals surface area contributed by atoms with E-state index in [1.807, 2.05) is 67.6 Å². The van der Waals surface area contributed by atoms with Gasteiger partial charge < -0.3 is 14.2 Å². The summed E-state index contributed by atoms with van der Waals surface area (Å²) >= 11 is 0. The minimum absolute atomic E-state index is 0.294. The number of hydrogen-bond donors (Lipinski definition) is 1. The lowest BCUT2D eigenvalue weighted by atomic mass is 10.1. The van der Waals surface area contributed by atoms with Crippen molar-refractivity contribution in [2.45, 2.75) is 20.0 Å². The van der Waals surface area contributed by atoms with Gasteiger partial charge in [0.25, 0.3) is 5.91 Å². The van der Waals surface area contributed by atoms with Crippen molar-refractivity contribution in [3.05, 3.63) is 114 Å². The number of carbonyl (C=O) groups is 2. The van der Waals surface area contributed by atoms with E-state index >= 15 is 0 Å². The molecular formula is C31H28N2O5. The molecule has 0 saturated carbocycles. The first-order valence-electron chi connectivity index (χ1n) is 12.2. The Bertz CT molecular complexity index is 1390. The summed E-state index contributed by atoms with van der Waals surface area (Å²) in [7, 11) is 0. The number of nitrogens with zero attached hydrogens (tertiary/aromatic N) is 1. The van der Waals surface area contributed by atoms with E-state index in [2.05, 4.69) is 10.5 Å². The zero-order valence-corrected chi connectivity index (χ0v) is 21.2. The van der Waals surface area contributed by atoms with E-state index in [0.29, 0.717) is 35.0 Å². The van der Waals surface area contributed by atoms with Gasteiger partial charge in [0.2, 0.25) is 0 Å². The van der Waals surface area contributed by atoms with Crippen LogP contribution in [-0.2, 0) is 4.79 Å². The van der Waals surface area contributed by atoms with Crippen LogP contribution in [0.15, 0.2) is 108 Å². The molecule has 1 amide bonds. The van der Waals surface area contributed by atoms with Gasteiger partial charge in [-0.1, -0.05) is 60.7 Å². The Morgan fingerprint density at radius 2 is 1.50 bits per heavy atom. The van der Waals surface area contributed by atoms with Crippen LogP contribution in [-0.4, -0.2) is 30.8 Å². The Morgan fingerprint density at radius 1 is 0.842 bits per heavy atom. The predicted octanol–water partition coefficient (Wildman–Crippen LogP) is 5.89. The summed E-state index contributed by atoms with van der Waals surface area (Å²) in [5.41, 5.74) is 5.74. The fraction of sp³-hybridized carbons (Fsp3) is 0.129. The van der Waals surface area contributed by atoms with Gasteiger partial charge in [0, 0.05) is 0 Å². The Morgan fingerprint density at radius 3 is 2.18 bits per heavy atom. The van der Waals surface area contributed by atoms with Crippen molar-refractivity contribution in [2.75, 3.05) is 6.61 Å². The summed E-state index contributed by atoms with van der Waals surface area (Å²) in [6, 6.07) is 31.3. The molecule has 7 heteroatoms. The van der Waals surface area contributed by atoms with Crippen LogP contribution in [0.5, 0.6) is 17.2 Å². The summed E-state index contributed by atoms with van der Waals surface area (Å²) in [5.74, 6) is 0.388. The minimum Gasteiger partial charge on any atom is -0.490 e. The molecule has 192 valence electrons. The highest BCUT2D eigenvalue weighted by Crippen LogP contribution is 2.29. The Labute approximate surface area is 221 Å². The van der Waals surface area contributed by atoms with Crippen LogP contribution in [0.1, 0.15) is 29.8 Å². The first-order chi connectivity index (χ1) is 18.5. The highest BCUT2D eigenvalue weighted by Gasteiger charge is 2.15. The van der Waals surface area contributed by atoms with Crippen molar-refractivity contribution in [2.24, 2.45) is 5.10 Å². The molecule has 4 aromatic rings. The molecule has 0 spiro atoms. The third-order valence-electron chi connectivity index (χ3n) is 5.51. The number of hydrazone groups is 1. The number of rotatable bonds is 10. The smallest absolute Gasteiger partial charge is 0.343 e. The van der Waals surface area contributed by atoms with Crippen LogP contribution in [0.4, 0.5) is 0 Å². The van der Waals surface area contributed by atoms with Gasteiger partial charge in [-0.3, -0.25) is 4.79 Å². The second-order valence-electron chi connectivity index (χ2n) is 8.28. The average molecular weight is 509 g/mol. The van der Waals surface area contributed by atoms with Crippen LogP contribution in [0.3, 0.4) is 0 Å². The molecule has 4 rings (SSSR count). The lowest BCUT2D eigenvalue weighted by molar-refractivity contribution is -0.127. The standard InChI is InChI=1S/C31H28N2O5/c1-3-36-29-20-23(14-19-28(29)38-31(35)26-12-8-5-9-13-26)21-32-33-30(34)22(2)37-27-17-15-25(16-18-27)24-10-6-4-7-11-24/h4-22H,3H2,1-2H3,(H,33,34)/b32-21-/t22-/m1/s1. The van der Waals surface area contributed by atoms with Crippen molar-refractivity contribution in [1.29, 1.82) is 0 Å². The normalized spacial score (nSPS) is 11.5. The summed E-state index contributed by atoms with van der Waals surface area (Å²) in [6.07, 6.45) is 0.721. The van der Waals surface area contributed by atoms with Crippen molar-refractivity contribution in [1.82, 2.24) is 5.43 Å². The molecule has 0 radical (unpaired) electrons. The molecular weight excluding hydrogens is 480 g/mol. The molecule has 4 aromatic carbocycles. The lowest BCUT2D eigenvalue weighted by Crippen LogP contribution is -2.33. The van der Waals surface area contributed by atoms with Crippen LogP contribution in [0.25, 0.3) is 11.1 Å². The van der Waals surface area contributed by atoms with Gasteiger partial charge in [-0.25, -0.2) is 10.2 Å². The third kappa shape index (κ3) is 7.07. The molecule has 1 N–H and O–H groups in total. The molecule has 38 heavy (non-hydrogen) atoms. The maximum atomic E-state index is 12.5. The quantitative estimate of drug-likeness (QED) is 0.125. The summed E-state index contributed by atoms with van der Waals surface area (Å²) in [4.78, 5) is 24.9. The Hall–Kier alpha value is -4.91. The van der Waals surface area contributed by atoms with Gasteiger partial charge in [-0.2, -0.15) is 5.10 Å². The number of nitrogens with one attached hydrogen (secondary N) is 1. The summed E-state index contributed by atoms with van der Waals surface area (Å²) in [5, 5.41) is 4.03. The van der Waals surface area contributed by atoms with Gasteiger partial charge >= 0.3 is 5.97 Å². The molecule has 1 atom stereocenters. The number of esters is 1. The number of amides is 1. The van der Waals surface area contributed by atoms with Crippen molar-refractivity contribution < 1.29 is 23.8 Å². The van der Waals surface area contributed by atoms with Crippen LogP contribution < -0.4 is 19.6 Å². The number of hydrogen-bond acceptors (Lipinski definition) is 6. The highest BCUT2D eigenvalue weighted by molar-refractivity contribution is 5.91. The molecule has 0 aliphatic heterocycles. The van der Waals surface area contributed by atoms with E-state index in [4.69, 9.17) is 14.2 Å². The number of ether oxygens (including phenoxy) is 3. The maximum absolute atomic E-state index is 12.5. The van der Waals surface area contributed by atoms with Crippen LogP contribution in [0.2, 0.25) is 0 Å².